The summed E-state index contributed by atoms with van der Waals surface area (Å²) in [5.41, 5.74) is 0. The molecule has 0 aromatic heterocycles. The van der Waals surface area contributed by atoms with Gasteiger partial charge in [0.05, 0.1) is 66.1 Å². The normalized spacial score (nSPS) is 11.1. The lowest BCUT2D eigenvalue weighted by Gasteiger charge is -2.14. The molecule has 0 aliphatic carbocycles. The van der Waals surface area contributed by atoms with Gasteiger partial charge in [-0.05, 0) is 0 Å². The Hall–Kier alpha value is -1.70. The van der Waals surface area contributed by atoms with Gasteiger partial charge in [-0.1, -0.05) is 0 Å². The first-order valence-electron chi connectivity index (χ1n) is 9.18. The molecule has 0 spiro atoms. The molecular formula is C18H26F4O8. The van der Waals surface area contributed by atoms with Crippen LogP contribution in [-0.2, 0) is 18.9 Å². The number of benzene rings is 1. The lowest BCUT2D eigenvalue weighted by Crippen LogP contribution is -2.15. The highest BCUT2D eigenvalue weighted by Gasteiger charge is 2.28. The summed E-state index contributed by atoms with van der Waals surface area (Å²) in [7, 11) is 0. The Balaban J connectivity index is 2.44. The molecule has 174 valence electrons. The van der Waals surface area contributed by atoms with E-state index in [2.05, 4.69) is 0 Å². The van der Waals surface area contributed by atoms with Gasteiger partial charge < -0.3 is 38.6 Å². The van der Waals surface area contributed by atoms with E-state index in [1.54, 1.807) is 0 Å². The van der Waals surface area contributed by atoms with E-state index >= 15 is 0 Å². The van der Waals surface area contributed by atoms with E-state index in [1.165, 1.54) is 0 Å². The molecule has 0 fully saturated rings. The Bertz CT molecular complexity index is 526. The van der Waals surface area contributed by atoms with E-state index in [-0.39, 0.29) is 79.3 Å². The van der Waals surface area contributed by atoms with Crippen LogP contribution in [0.25, 0.3) is 0 Å². The van der Waals surface area contributed by atoms with Gasteiger partial charge in [0.25, 0.3) is 0 Å². The second-order valence-electron chi connectivity index (χ2n) is 5.51. The fourth-order valence-corrected chi connectivity index (χ4v) is 2.02. The van der Waals surface area contributed by atoms with Gasteiger partial charge in [-0.25, -0.2) is 0 Å². The smallest absolute Gasteiger partial charge is 0.207 e. The van der Waals surface area contributed by atoms with Crippen LogP contribution in [0.4, 0.5) is 17.6 Å². The Morgan fingerprint density at radius 1 is 0.433 bits per heavy atom. The number of aliphatic hydroxyl groups excluding tert-OH is 2. The maximum absolute atomic E-state index is 14.0. The summed E-state index contributed by atoms with van der Waals surface area (Å²) >= 11 is 0. The Morgan fingerprint density at radius 2 is 0.700 bits per heavy atom. The van der Waals surface area contributed by atoms with Crippen LogP contribution in [0.2, 0.25) is 0 Å². The molecule has 0 bridgehead atoms. The summed E-state index contributed by atoms with van der Waals surface area (Å²) in [4.78, 5) is 0. The van der Waals surface area contributed by atoms with Crippen LogP contribution in [-0.4, -0.2) is 89.5 Å². The molecule has 0 aliphatic rings. The van der Waals surface area contributed by atoms with Crippen molar-refractivity contribution in [3.8, 4) is 11.5 Å². The first kappa shape index (κ1) is 26.3. The highest BCUT2D eigenvalue weighted by atomic mass is 19.2. The van der Waals surface area contributed by atoms with Gasteiger partial charge in [0.15, 0.2) is 11.5 Å². The summed E-state index contributed by atoms with van der Waals surface area (Å²) in [5.74, 6) is -9.34. The van der Waals surface area contributed by atoms with Crippen molar-refractivity contribution in [2.45, 2.75) is 0 Å². The standard InChI is InChI=1S/C18H26F4O8/c19-13-15(21)18(30-12-10-28-8-6-26-4-2-24)16(22)14(20)17(13)29-11-9-27-7-5-25-3-1-23/h23-24H,1-12H2. The van der Waals surface area contributed by atoms with Crippen molar-refractivity contribution in [2.75, 3.05) is 79.3 Å². The topological polar surface area (TPSA) is 95.8 Å². The fraction of sp³-hybridized carbons (Fsp3) is 0.667. The molecule has 0 aliphatic heterocycles. The van der Waals surface area contributed by atoms with E-state index in [9.17, 15) is 17.6 Å². The highest BCUT2D eigenvalue weighted by Crippen LogP contribution is 2.34. The molecule has 0 amide bonds. The summed E-state index contributed by atoms with van der Waals surface area (Å²) in [6.07, 6.45) is 0. The molecule has 0 unspecified atom stereocenters. The zero-order valence-electron chi connectivity index (χ0n) is 16.3. The van der Waals surface area contributed by atoms with Gasteiger partial charge in [-0.2, -0.15) is 17.6 Å². The average molecular weight is 446 g/mol. The third kappa shape index (κ3) is 9.41. The minimum atomic E-state index is -1.73. The minimum Gasteiger partial charge on any atom is -0.485 e. The number of rotatable bonds is 18. The second-order valence-corrected chi connectivity index (χ2v) is 5.51. The third-order valence-electron chi connectivity index (χ3n) is 3.35. The molecule has 1 rings (SSSR count). The van der Waals surface area contributed by atoms with Crippen LogP contribution < -0.4 is 9.47 Å². The number of ether oxygens (including phenoxy) is 6. The Labute approximate surface area is 171 Å². The van der Waals surface area contributed by atoms with Crippen LogP contribution >= 0.6 is 0 Å². The van der Waals surface area contributed by atoms with Gasteiger partial charge >= 0.3 is 0 Å². The van der Waals surface area contributed by atoms with Gasteiger partial charge in [-0.15, -0.1) is 0 Å². The zero-order valence-corrected chi connectivity index (χ0v) is 16.3. The molecule has 8 nitrogen and oxygen atoms in total. The van der Waals surface area contributed by atoms with Crippen LogP contribution in [0.3, 0.4) is 0 Å². The van der Waals surface area contributed by atoms with E-state index in [1.807, 2.05) is 0 Å². The number of aliphatic hydroxyl groups is 2. The van der Waals surface area contributed by atoms with Crippen molar-refractivity contribution < 1.29 is 56.2 Å². The molecule has 0 saturated heterocycles. The predicted molar refractivity (Wildman–Crippen MR) is 94.7 cm³/mol. The molecule has 30 heavy (non-hydrogen) atoms. The molecule has 2 N–H and O–H groups in total. The quantitative estimate of drug-likeness (QED) is 0.196. The minimum absolute atomic E-state index is 0.109. The molecular weight excluding hydrogens is 420 g/mol. The number of halogens is 4. The van der Waals surface area contributed by atoms with Crippen LogP contribution in [0.15, 0.2) is 0 Å². The largest absolute Gasteiger partial charge is 0.485 e. The average Bonchev–Trinajstić information content (AvgIpc) is 2.74. The third-order valence-corrected chi connectivity index (χ3v) is 3.35. The van der Waals surface area contributed by atoms with Crippen LogP contribution in [0.1, 0.15) is 0 Å². The first-order valence-corrected chi connectivity index (χ1v) is 9.18. The van der Waals surface area contributed by atoms with Gasteiger partial charge in [-0.3, -0.25) is 0 Å². The van der Waals surface area contributed by atoms with Gasteiger partial charge in [0.1, 0.15) is 13.2 Å². The Kier molecular flexibility index (Phi) is 14.1. The second kappa shape index (κ2) is 16.1. The highest BCUT2D eigenvalue weighted by molar-refractivity contribution is 5.38. The lowest BCUT2D eigenvalue weighted by molar-refractivity contribution is 0.0230. The molecule has 1 aromatic rings. The SMILES string of the molecule is OCCOCCOCCOc1c(F)c(F)c(OCCOCCOCCO)c(F)c1F. The van der Waals surface area contributed by atoms with Crippen molar-refractivity contribution >= 4 is 0 Å². The summed E-state index contributed by atoms with van der Waals surface area (Å²) in [6, 6.07) is 0. The summed E-state index contributed by atoms with van der Waals surface area (Å²) < 4.78 is 85.6. The van der Waals surface area contributed by atoms with E-state index in [0.29, 0.717) is 0 Å². The van der Waals surface area contributed by atoms with Crippen molar-refractivity contribution in [3.63, 3.8) is 0 Å². The van der Waals surface area contributed by atoms with E-state index in [0.717, 1.165) is 0 Å². The van der Waals surface area contributed by atoms with Gasteiger partial charge in [0.2, 0.25) is 23.3 Å². The summed E-state index contributed by atoms with van der Waals surface area (Å²) in [6.45, 7) is -0.252. The fourth-order valence-electron chi connectivity index (χ4n) is 2.02. The zero-order chi connectivity index (χ0) is 22.2. The Morgan fingerprint density at radius 3 is 1.00 bits per heavy atom. The van der Waals surface area contributed by atoms with E-state index in [4.69, 9.17) is 38.6 Å². The maximum Gasteiger partial charge on any atom is 0.207 e. The first-order chi connectivity index (χ1) is 14.5. The van der Waals surface area contributed by atoms with Gasteiger partial charge in [0, 0.05) is 0 Å². The molecule has 12 heteroatoms. The molecule has 0 radical (unpaired) electrons. The summed E-state index contributed by atoms with van der Waals surface area (Å²) in [5, 5.41) is 17.0. The van der Waals surface area contributed by atoms with E-state index < -0.39 is 34.8 Å². The number of hydrogen-bond donors (Lipinski definition) is 2. The maximum atomic E-state index is 14.0. The molecule has 1 aromatic carbocycles. The molecule has 0 atom stereocenters. The van der Waals surface area contributed by atoms with Crippen molar-refractivity contribution in [1.29, 1.82) is 0 Å². The van der Waals surface area contributed by atoms with Crippen molar-refractivity contribution in [2.24, 2.45) is 0 Å². The predicted octanol–water partition coefficient (Wildman–Crippen LogP) is 1.05. The molecule has 0 saturated carbocycles. The van der Waals surface area contributed by atoms with Crippen LogP contribution in [0.5, 0.6) is 11.5 Å². The molecule has 0 heterocycles. The lowest BCUT2D eigenvalue weighted by atomic mass is 10.2. The monoisotopic (exact) mass is 446 g/mol. The number of hydrogen-bond acceptors (Lipinski definition) is 8. The van der Waals surface area contributed by atoms with Crippen molar-refractivity contribution in [1.82, 2.24) is 0 Å². The van der Waals surface area contributed by atoms with Crippen molar-refractivity contribution in [3.05, 3.63) is 23.3 Å². The van der Waals surface area contributed by atoms with Crippen LogP contribution in [0, 0.1) is 23.3 Å².